The molecule has 5 heteroatoms. The van der Waals surface area contributed by atoms with Crippen LogP contribution in [0.3, 0.4) is 0 Å². The van der Waals surface area contributed by atoms with Crippen molar-refractivity contribution in [3.8, 4) is 33.6 Å². The van der Waals surface area contributed by atoms with Crippen molar-refractivity contribution in [1.82, 2.24) is 15.0 Å². The van der Waals surface area contributed by atoms with E-state index < -0.39 is 0 Å². The van der Waals surface area contributed by atoms with Gasteiger partial charge in [0.1, 0.15) is 0 Å². The number of aromatic nitrogens is 3. The molecular formula is C41H31IrN3O-2. The maximum absolute atomic E-state index is 6.17. The molecule has 8 aromatic rings. The van der Waals surface area contributed by atoms with Crippen LogP contribution >= 0.6 is 0 Å². The maximum Gasteiger partial charge on any atom is 0.216 e. The molecule has 4 heterocycles. The largest absolute Gasteiger partial charge is 0.486 e. The predicted octanol–water partition coefficient (Wildman–Crippen LogP) is 10.4. The molecule has 4 aromatic heterocycles. The zero-order valence-corrected chi connectivity index (χ0v) is 28.4. The predicted molar refractivity (Wildman–Crippen MR) is 184 cm³/mol. The summed E-state index contributed by atoms with van der Waals surface area (Å²) in [6.07, 6.45) is 3.74. The van der Waals surface area contributed by atoms with Crippen molar-refractivity contribution in [3.63, 3.8) is 0 Å². The smallest absolute Gasteiger partial charge is 0.216 e. The molecular weight excluding hydrogens is 743 g/mol. The molecule has 0 bridgehead atoms. The van der Waals surface area contributed by atoms with Crippen LogP contribution in [0.15, 0.2) is 120 Å². The Balaban J connectivity index is 0.000000209. The van der Waals surface area contributed by atoms with E-state index in [1.807, 2.05) is 62.6 Å². The molecule has 0 aliphatic rings. The van der Waals surface area contributed by atoms with Crippen LogP contribution in [0, 0.1) is 39.8 Å². The van der Waals surface area contributed by atoms with Gasteiger partial charge in [-0.05, 0) is 83.4 Å². The molecule has 8 rings (SSSR count). The van der Waals surface area contributed by atoms with Crippen LogP contribution in [0.25, 0.3) is 66.5 Å². The fourth-order valence-corrected chi connectivity index (χ4v) is 5.63. The molecule has 1 radical (unpaired) electrons. The van der Waals surface area contributed by atoms with Gasteiger partial charge in [0.15, 0.2) is 0 Å². The van der Waals surface area contributed by atoms with Gasteiger partial charge in [-0.25, -0.2) is 4.98 Å². The third-order valence-electron chi connectivity index (χ3n) is 8.06. The minimum absolute atomic E-state index is 0. The normalized spacial score (nSPS) is 10.9. The summed E-state index contributed by atoms with van der Waals surface area (Å²) in [5.41, 5.74) is 12.1. The summed E-state index contributed by atoms with van der Waals surface area (Å²) in [5, 5.41) is 4.55. The number of rotatable bonds is 3. The molecule has 46 heavy (non-hydrogen) atoms. The number of pyridine rings is 3. The number of aryl methyl sites for hydroxylation is 4. The summed E-state index contributed by atoms with van der Waals surface area (Å²) in [7, 11) is 0. The molecule has 0 amide bonds. The summed E-state index contributed by atoms with van der Waals surface area (Å²) in [5.74, 6) is 0. The fraction of sp³-hybridized carbons (Fsp3) is 0.0976. The Morgan fingerprint density at radius 2 is 1.48 bits per heavy atom. The minimum Gasteiger partial charge on any atom is -0.486 e. The third kappa shape index (κ3) is 6.12. The third-order valence-corrected chi connectivity index (χ3v) is 8.06. The number of furan rings is 1. The molecule has 0 aliphatic heterocycles. The van der Waals surface area contributed by atoms with Crippen LogP contribution in [0.4, 0.5) is 0 Å². The number of fused-ring (bicyclic) bond motifs is 4. The second-order valence-electron chi connectivity index (χ2n) is 11.4. The van der Waals surface area contributed by atoms with Gasteiger partial charge >= 0.3 is 0 Å². The van der Waals surface area contributed by atoms with Gasteiger partial charge in [0.2, 0.25) is 5.71 Å². The molecule has 4 nitrogen and oxygen atoms in total. The van der Waals surface area contributed by atoms with Crippen molar-refractivity contribution >= 4 is 32.8 Å². The maximum atomic E-state index is 6.17. The number of benzene rings is 4. The summed E-state index contributed by atoms with van der Waals surface area (Å²) in [6.45, 7) is 8.21. The molecule has 0 N–H and O–H groups in total. The van der Waals surface area contributed by atoms with Crippen molar-refractivity contribution in [2.24, 2.45) is 0 Å². The zero-order valence-electron chi connectivity index (χ0n) is 26.1. The molecule has 0 aliphatic carbocycles. The van der Waals surface area contributed by atoms with Gasteiger partial charge in [0, 0.05) is 43.6 Å². The first-order valence-corrected chi connectivity index (χ1v) is 15.0. The average Bonchev–Trinajstić information content (AvgIpc) is 3.44. The first-order chi connectivity index (χ1) is 21.9. The van der Waals surface area contributed by atoms with E-state index >= 15 is 0 Å². The Hall–Kier alpha value is -4.96. The van der Waals surface area contributed by atoms with Gasteiger partial charge in [0.05, 0.1) is 5.58 Å². The van der Waals surface area contributed by atoms with Gasteiger partial charge in [-0.2, -0.15) is 0 Å². The Labute approximate surface area is 282 Å². The Morgan fingerprint density at radius 1 is 0.652 bits per heavy atom. The van der Waals surface area contributed by atoms with Gasteiger partial charge in [0.25, 0.3) is 0 Å². The standard InChI is InChI=1S/C28H19N2O.C13H12N.Ir/c1-17-10-12-21(22-7-4-3-6-20(17)22)19-14-15-29-26(16-19)25-9-5-8-23-24-13-11-18(2)30-28(24)31-27(23)25;1-10-3-6-12(7-4-10)13-8-5-11(2)9-14-13;/h3-8,10-16H,1-2H3;3-6,8-9H,1-2H3;/q2*-1;. The van der Waals surface area contributed by atoms with E-state index in [0.717, 1.165) is 50.1 Å². The minimum atomic E-state index is 0. The van der Waals surface area contributed by atoms with E-state index in [1.165, 1.54) is 33.0 Å². The summed E-state index contributed by atoms with van der Waals surface area (Å²) in [6, 6.07) is 41.9. The summed E-state index contributed by atoms with van der Waals surface area (Å²) >= 11 is 0. The van der Waals surface area contributed by atoms with E-state index in [4.69, 9.17) is 4.42 Å². The van der Waals surface area contributed by atoms with E-state index in [-0.39, 0.29) is 20.1 Å². The van der Waals surface area contributed by atoms with E-state index in [0.29, 0.717) is 5.71 Å². The number of nitrogens with zero attached hydrogens (tertiary/aromatic N) is 3. The average molecular weight is 774 g/mol. The van der Waals surface area contributed by atoms with Crippen LogP contribution in [-0.4, -0.2) is 15.0 Å². The number of hydrogen-bond acceptors (Lipinski definition) is 4. The molecule has 0 fully saturated rings. The van der Waals surface area contributed by atoms with Crippen LogP contribution in [-0.2, 0) is 20.1 Å². The van der Waals surface area contributed by atoms with E-state index in [2.05, 4.69) is 108 Å². The molecule has 0 saturated carbocycles. The van der Waals surface area contributed by atoms with Crippen molar-refractivity contribution in [1.29, 1.82) is 0 Å². The summed E-state index contributed by atoms with van der Waals surface area (Å²) < 4.78 is 6.17. The number of hydrogen-bond donors (Lipinski definition) is 0. The molecule has 0 unspecified atom stereocenters. The molecule has 0 saturated heterocycles. The van der Waals surface area contributed by atoms with Crippen molar-refractivity contribution < 1.29 is 24.5 Å². The van der Waals surface area contributed by atoms with Crippen molar-refractivity contribution in [2.45, 2.75) is 27.7 Å². The fourth-order valence-electron chi connectivity index (χ4n) is 5.63. The second kappa shape index (κ2) is 13.2. The van der Waals surface area contributed by atoms with E-state index in [1.54, 1.807) is 0 Å². The van der Waals surface area contributed by atoms with Gasteiger partial charge in [-0.15, -0.1) is 53.6 Å². The SMILES string of the molecule is Cc1c[c-]c(-c2ccc(C)cn2)cc1.Cc1ccc2c(n1)oc1c(-c3cc(-c4ccc(C)c5ccccc45)ccn3)[c-]ccc12.[Ir]. The summed E-state index contributed by atoms with van der Waals surface area (Å²) in [4.78, 5) is 13.6. The zero-order chi connectivity index (χ0) is 30.9. The molecule has 227 valence electrons. The van der Waals surface area contributed by atoms with Crippen LogP contribution in [0.5, 0.6) is 0 Å². The quantitative estimate of drug-likeness (QED) is 0.168. The van der Waals surface area contributed by atoms with E-state index in [9.17, 15) is 0 Å². The van der Waals surface area contributed by atoms with Gasteiger partial charge < -0.3 is 14.4 Å². The molecule has 4 aromatic carbocycles. The van der Waals surface area contributed by atoms with Gasteiger partial charge in [-0.1, -0.05) is 72.5 Å². The Bertz CT molecular complexity index is 2260. The first-order valence-electron chi connectivity index (χ1n) is 15.0. The van der Waals surface area contributed by atoms with Crippen molar-refractivity contribution in [3.05, 3.63) is 150 Å². The van der Waals surface area contributed by atoms with Crippen LogP contribution in [0.1, 0.15) is 22.4 Å². The topological polar surface area (TPSA) is 51.8 Å². The van der Waals surface area contributed by atoms with Crippen LogP contribution < -0.4 is 0 Å². The molecule has 0 atom stereocenters. The van der Waals surface area contributed by atoms with Crippen LogP contribution in [0.2, 0.25) is 0 Å². The van der Waals surface area contributed by atoms with Crippen molar-refractivity contribution in [2.75, 3.05) is 0 Å². The molecule has 0 spiro atoms. The first kappa shape index (κ1) is 31.0. The Morgan fingerprint density at radius 3 is 2.26 bits per heavy atom. The monoisotopic (exact) mass is 774 g/mol. The Kier molecular flexibility index (Phi) is 8.89. The van der Waals surface area contributed by atoms with Gasteiger partial charge in [-0.3, -0.25) is 0 Å². The second-order valence-corrected chi connectivity index (χ2v) is 11.4.